The molecule has 160 valence electrons. The maximum absolute atomic E-state index is 14.0. The maximum atomic E-state index is 14.0. The van der Waals surface area contributed by atoms with Gasteiger partial charge in [-0.2, -0.15) is 4.98 Å². The molecule has 10 heteroatoms. The summed E-state index contributed by atoms with van der Waals surface area (Å²) in [5, 5.41) is 7.27. The van der Waals surface area contributed by atoms with Crippen LogP contribution in [0.15, 0.2) is 64.4 Å². The van der Waals surface area contributed by atoms with Crippen molar-refractivity contribution in [3.63, 3.8) is 0 Å². The summed E-state index contributed by atoms with van der Waals surface area (Å²) in [6, 6.07) is 11.1. The highest BCUT2D eigenvalue weighted by molar-refractivity contribution is 5.91. The largest absolute Gasteiger partial charge is 0.377 e. The van der Waals surface area contributed by atoms with Crippen molar-refractivity contribution >= 4 is 21.8 Å². The van der Waals surface area contributed by atoms with Gasteiger partial charge in [-0.05, 0) is 24.3 Å². The normalized spacial score (nSPS) is 11.4. The molecule has 9 nitrogen and oxygen atoms in total. The summed E-state index contributed by atoms with van der Waals surface area (Å²) in [5.74, 6) is 0.245. The van der Waals surface area contributed by atoms with Crippen LogP contribution < -0.4 is 11.1 Å². The summed E-state index contributed by atoms with van der Waals surface area (Å²) >= 11 is 0. The fourth-order valence-corrected chi connectivity index (χ4v) is 3.55. The van der Waals surface area contributed by atoms with Crippen LogP contribution in [-0.2, 0) is 17.9 Å². The van der Waals surface area contributed by atoms with Gasteiger partial charge >= 0.3 is 0 Å². The number of H-pyrrole nitrogens is 1. The zero-order valence-electron chi connectivity index (χ0n) is 16.9. The van der Waals surface area contributed by atoms with E-state index in [-0.39, 0.29) is 35.4 Å². The highest BCUT2D eigenvalue weighted by Crippen LogP contribution is 2.16. The molecule has 0 atom stereocenters. The van der Waals surface area contributed by atoms with Crippen LogP contribution in [0.2, 0.25) is 0 Å². The van der Waals surface area contributed by atoms with E-state index < -0.39 is 11.4 Å². The highest BCUT2D eigenvalue weighted by atomic mass is 19.1. The molecule has 4 aromatic heterocycles. The monoisotopic (exact) mass is 432 g/mol. The fourth-order valence-electron chi connectivity index (χ4n) is 3.55. The number of ether oxygens (including phenoxy) is 1. The van der Waals surface area contributed by atoms with Crippen LogP contribution in [0.4, 0.5) is 4.39 Å². The predicted octanol–water partition coefficient (Wildman–Crippen LogP) is 2.15. The summed E-state index contributed by atoms with van der Waals surface area (Å²) in [5.41, 5.74) is 0.503. The average Bonchev–Trinajstić information content (AvgIpc) is 3.25. The van der Waals surface area contributed by atoms with Crippen LogP contribution in [0.25, 0.3) is 27.8 Å². The molecule has 0 saturated heterocycles. The first-order chi connectivity index (χ1) is 15.5. The Morgan fingerprint density at radius 2 is 1.75 bits per heavy atom. The number of nitrogens with zero attached hydrogens (tertiary/aromatic N) is 5. The van der Waals surface area contributed by atoms with Crippen LogP contribution in [0.1, 0.15) is 11.4 Å². The van der Waals surface area contributed by atoms with E-state index in [4.69, 9.17) is 4.74 Å². The van der Waals surface area contributed by atoms with Gasteiger partial charge in [-0.15, -0.1) is 5.10 Å². The van der Waals surface area contributed by atoms with Crippen LogP contribution in [0.3, 0.4) is 0 Å². The van der Waals surface area contributed by atoms with Crippen LogP contribution in [0.5, 0.6) is 0 Å². The molecule has 5 aromatic rings. The third kappa shape index (κ3) is 3.36. The van der Waals surface area contributed by atoms with E-state index in [1.54, 1.807) is 36.5 Å². The predicted molar refractivity (Wildman–Crippen MR) is 115 cm³/mol. The first-order valence-corrected chi connectivity index (χ1v) is 9.75. The van der Waals surface area contributed by atoms with E-state index in [9.17, 15) is 14.0 Å². The number of methoxy groups -OCH3 is 1. The summed E-state index contributed by atoms with van der Waals surface area (Å²) in [4.78, 5) is 34.9. The van der Waals surface area contributed by atoms with Gasteiger partial charge in [-0.3, -0.25) is 14.7 Å². The number of nitrogens with one attached hydrogen (secondary N) is 1. The van der Waals surface area contributed by atoms with Crippen molar-refractivity contribution in [1.82, 2.24) is 29.3 Å². The second-order valence-electron chi connectivity index (χ2n) is 7.20. The number of benzene rings is 1. The van der Waals surface area contributed by atoms with E-state index >= 15 is 0 Å². The van der Waals surface area contributed by atoms with Gasteiger partial charge in [0.25, 0.3) is 17.1 Å². The minimum atomic E-state index is -0.413. The molecule has 0 aliphatic rings. The van der Waals surface area contributed by atoms with Crippen LogP contribution in [-0.4, -0.2) is 36.4 Å². The molecule has 0 amide bonds. The fraction of sp³-hybridized carbons (Fsp3) is 0.136. The lowest BCUT2D eigenvalue weighted by atomic mass is 10.1. The molecule has 1 N–H and O–H groups in total. The molecule has 32 heavy (non-hydrogen) atoms. The molecule has 0 saturated carbocycles. The van der Waals surface area contributed by atoms with Crippen molar-refractivity contribution < 1.29 is 9.13 Å². The molecule has 1 aromatic carbocycles. The third-order valence-corrected chi connectivity index (χ3v) is 5.13. The molecule has 0 radical (unpaired) electrons. The lowest BCUT2D eigenvalue weighted by Crippen LogP contribution is -2.22. The Morgan fingerprint density at radius 3 is 2.53 bits per heavy atom. The summed E-state index contributed by atoms with van der Waals surface area (Å²) in [6.45, 7) is 0.293. The van der Waals surface area contributed by atoms with E-state index in [0.29, 0.717) is 22.4 Å². The molecule has 0 fully saturated rings. The molecular formula is C22H17FN6O3. The molecule has 0 unspecified atom stereocenters. The smallest absolute Gasteiger partial charge is 0.267 e. The van der Waals surface area contributed by atoms with Gasteiger partial charge in [0.1, 0.15) is 12.4 Å². The molecule has 0 spiro atoms. The number of pyridine rings is 3. The van der Waals surface area contributed by atoms with Gasteiger partial charge in [0, 0.05) is 25.1 Å². The van der Waals surface area contributed by atoms with Gasteiger partial charge in [0.15, 0.2) is 5.82 Å². The number of aromatic amines is 1. The van der Waals surface area contributed by atoms with E-state index in [0.717, 1.165) is 0 Å². The first-order valence-electron chi connectivity index (χ1n) is 9.75. The first kappa shape index (κ1) is 19.8. The van der Waals surface area contributed by atoms with Crippen molar-refractivity contribution in [2.24, 2.45) is 0 Å². The summed E-state index contributed by atoms with van der Waals surface area (Å²) < 4.78 is 21.7. The number of hydrogen-bond acceptors (Lipinski definition) is 6. The summed E-state index contributed by atoms with van der Waals surface area (Å²) in [6.07, 6.45) is 3.10. The van der Waals surface area contributed by atoms with Crippen molar-refractivity contribution in [3.8, 4) is 5.95 Å². The molecule has 4 heterocycles. The molecule has 5 rings (SSSR count). The van der Waals surface area contributed by atoms with Crippen molar-refractivity contribution in [2.75, 3.05) is 7.11 Å². The minimum Gasteiger partial charge on any atom is -0.377 e. The average molecular weight is 432 g/mol. The Labute approximate surface area is 179 Å². The zero-order valence-corrected chi connectivity index (χ0v) is 16.9. The molecule has 0 bridgehead atoms. The number of hydrogen-bond donors (Lipinski definition) is 1. The van der Waals surface area contributed by atoms with Crippen LogP contribution >= 0.6 is 0 Å². The molecule has 0 aliphatic heterocycles. The SMILES string of the molecule is COCc1nc(-n2ccc3nc4ccn(Cc5ccccc5F)c(=O)c4cc3c2=O)n[nH]1. The molecule has 0 aliphatic carbocycles. The third-order valence-electron chi connectivity index (χ3n) is 5.13. The van der Waals surface area contributed by atoms with Crippen molar-refractivity contribution in [3.05, 3.63) is 92.8 Å². The van der Waals surface area contributed by atoms with E-state index in [1.165, 1.54) is 34.6 Å². The number of rotatable bonds is 5. The maximum Gasteiger partial charge on any atom is 0.267 e. The van der Waals surface area contributed by atoms with Crippen molar-refractivity contribution in [1.29, 1.82) is 0 Å². The van der Waals surface area contributed by atoms with Crippen molar-refractivity contribution in [2.45, 2.75) is 13.2 Å². The van der Waals surface area contributed by atoms with Gasteiger partial charge in [-0.25, -0.2) is 13.9 Å². The number of aromatic nitrogens is 6. The van der Waals surface area contributed by atoms with Crippen LogP contribution in [0, 0.1) is 5.82 Å². The molecular weight excluding hydrogens is 415 g/mol. The Bertz CT molecular complexity index is 1590. The van der Waals surface area contributed by atoms with E-state index in [1.807, 2.05) is 0 Å². The lowest BCUT2D eigenvalue weighted by Gasteiger charge is -2.09. The lowest BCUT2D eigenvalue weighted by molar-refractivity contribution is 0.178. The number of fused-ring (bicyclic) bond motifs is 2. The van der Waals surface area contributed by atoms with Gasteiger partial charge in [0.2, 0.25) is 0 Å². The highest BCUT2D eigenvalue weighted by Gasteiger charge is 2.13. The van der Waals surface area contributed by atoms with Gasteiger partial charge in [0.05, 0.1) is 28.4 Å². The standard InChI is InChI=1S/C22H17FN6O3/c1-32-12-19-25-22(27-26-19)29-9-7-18-15(21(29)31)10-14-17(24-18)6-8-28(20(14)30)11-13-4-2-3-5-16(13)23/h2-10H,11-12H2,1H3,(H,25,26,27). The Hall–Kier alpha value is -4.18. The van der Waals surface area contributed by atoms with Gasteiger partial charge < -0.3 is 9.30 Å². The second kappa shape index (κ2) is 7.82. The van der Waals surface area contributed by atoms with E-state index in [2.05, 4.69) is 20.2 Å². The quantitative estimate of drug-likeness (QED) is 0.427. The summed E-state index contributed by atoms with van der Waals surface area (Å²) in [7, 11) is 1.53. The Kier molecular flexibility index (Phi) is 4.83. The Balaban J connectivity index is 1.64. The Morgan fingerprint density at radius 1 is 1.00 bits per heavy atom. The second-order valence-corrected chi connectivity index (χ2v) is 7.20. The number of halogens is 1. The van der Waals surface area contributed by atoms with Gasteiger partial charge in [-0.1, -0.05) is 18.2 Å². The minimum absolute atomic E-state index is 0.0674. The topological polar surface area (TPSA) is 108 Å². The zero-order chi connectivity index (χ0) is 22.2.